The highest BCUT2D eigenvalue weighted by molar-refractivity contribution is 5.00. The van der Waals surface area contributed by atoms with Gasteiger partial charge in [-0.2, -0.15) is 0 Å². The summed E-state index contributed by atoms with van der Waals surface area (Å²) in [5, 5.41) is 0. The second-order valence-electron chi connectivity index (χ2n) is 7.88. The Morgan fingerprint density at radius 1 is 0.690 bits per heavy atom. The van der Waals surface area contributed by atoms with Gasteiger partial charge in [0.05, 0.1) is 0 Å². The first-order chi connectivity index (χ1) is 14.0. The highest BCUT2D eigenvalue weighted by atomic mass is 16.2. The number of aryl methyl sites for hydroxylation is 1. The van der Waals surface area contributed by atoms with Gasteiger partial charge >= 0.3 is 5.69 Å². The molecule has 0 saturated carbocycles. The SMILES string of the molecule is CCN(CC)CCCCCn1c(C)cc(=O)n(CCCCCN(CC)CC)c1=O. The van der Waals surface area contributed by atoms with Gasteiger partial charge in [-0.3, -0.25) is 13.9 Å². The van der Waals surface area contributed by atoms with Gasteiger partial charge in [-0.1, -0.05) is 40.5 Å². The lowest BCUT2D eigenvalue weighted by Gasteiger charge is -2.18. The Morgan fingerprint density at radius 2 is 1.14 bits per heavy atom. The van der Waals surface area contributed by atoms with Crippen molar-refractivity contribution in [1.82, 2.24) is 18.9 Å². The molecule has 29 heavy (non-hydrogen) atoms. The molecule has 0 unspecified atom stereocenters. The van der Waals surface area contributed by atoms with Gasteiger partial charge in [0.1, 0.15) is 0 Å². The van der Waals surface area contributed by atoms with Crippen molar-refractivity contribution < 1.29 is 0 Å². The van der Waals surface area contributed by atoms with Gasteiger partial charge in [0.2, 0.25) is 0 Å². The molecular weight excluding hydrogens is 364 g/mol. The Labute approximate surface area is 177 Å². The number of nitrogens with zero attached hydrogens (tertiary/aromatic N) is 4. The van der Waals surface area contributed by atoms with Crippen LogP contribution in [-0.2, 0) is 13.1 Å². The van der Waals surface area contributed by atoms with Crippen LogP contribution in [-0.4, -0.2) is 58.2 Å². The quantitative estimate of drug-likeness (QED) is 0.394. The van der Waals surface area contributed by atoms with Crippen LogP contribution in [0.5, 0.6) is 0 Å². The lowest BCUT2D eigenvalue weighted by Crippen LogP contribution is -2.40. The van der Waals surface area contributed by atoms with E-state index in [0.717, 1.165) is 83.5 Å². The minimum atomic E-state index is -0.158. The van der Waals surface area contributed by atoms with E-state index in [-0.39, 0.29) is 11.2 Å². The maximum Gasteiger partial charge on any atom is 0.331 e. The number of unbranched alkanes of at least 4 members (excludes halogenated alkanes) is 4. The van der Waals surface area contributed by atoms with Crippen LogP contribution in [0.1, 0.15) is 71.9 Å². The highest BCUT2D eigenvalue weighted by Crippen LogP contribution is 2.03. The largest absolute Gasteiger partial charge is 0.331 e. The molecule has 0 N–H and O–H groups in total. The van der Waals surface area contributed by atoms with Crippen LogP contribution in [0, 0.1) is 6.92 Å². The van der Waals surface area contributed by atoms with Crippen molar-refractivity contribution in [3.63, 3.8) is 0 Å². The molecule has 6 heteroatoms. The second-order valence-corrected chi connectivity index (χ2v) is 7.88. The van der Waals surface area contributed by atoms with Crippen LogP contribution in [0.2, 0.25) is 0 Å². The molecule has 0 saturated heterocycles. The third-order valence-corrected chi connectivity index (χ3v) is 5.99. The monoisotopic (exact) mass is 408 g/mol. The number of rotatable bonds is 16. The van der Waals surface area contributed by atoms with Gasteiger partial charge in [0.25, 0.3) is 5.56 Å². The first kappa shape index (κ1) is 25.6. The van der Waals surface area contributed by atoms with Crippen LogP contribution < -0.4 is 11.2 Å². The second kappa shape index (κ2) is 14.6. The molecule has 0 aliphatic heterocycles. The summed E-state index contributed by atoms with van der Waals surface area (Å²) >= 11 is 0. The third-order valence-electron chi connectivity index (χ3n) is 5.99. The lowest BCUT2D eigenvalue weighted by molar-refractivity contribution is 0.293. The Balaban J connectivity index is 2.55. The topological polar surface area (TPSA) is 50.5 Å². The number of hydrogen-bond donors (Lipinski definition) is 0. The standard InChI is InChI=1S/C23H44N4O2/c1-6-24(7-2)16-12-10-14-18-26-21(5)20-22(28)27(23(26)29)19-15-11-13-17-25(8-3)9-4/h20H,6-19H2,1-5H3. The molecule has 1 rings (SSSR count). The Morgan fingerprint density at radius 3 is 1.59 bits per heavy atom. The molecule has 0 aliphatic carbocycles. The smallest absolute Gasteiger partial charge is 0.304 e. The van der Waals surface area contributed by atoms with E-state index in [1.165, 1.54) is 4.57 Å². The van der Waals surface area contributed by atoms with E-state index in [2.05, 4.69) is 37.5 Å². The molecule has 1 aromatic heterocycles. The zero-order valence-electron chi connectivity index (χ0n) is 19.6. The van der Waals surface area contributed by atoms with Crippen molar-refractivity contribution in [3.8, 4) is 0 Å². The van der Waals surface area contributed by atoms with E-state index >= 15 is 0 Å². The minimum Gasteiger partial charge on any atom is -0.304 e. The number of aromatic nitrogens is 2. The molecule has 0 bridgehead atoms. The molecular formula is C23H44N4O2. The zero-order chi connectivity index (χ0) is 21.6. The summed E-state index contributed by atoms with van der Waals surface area (Å²) in [5.41, 5.74) is 0.484. The van der Waals surface area contributed by atoms with Crippen LogP contribution in [0.3, 0.4) is 0 Å². The molecule has 0 atom stereocenters. The number of hydrogen-bond acceptors (Lipinski definition) is 4. The lowest BCUT2D eigenvalue weighted by atomic mass is 10.2. The molecule has 0 aliphatic rings. The van der Waals surface area contributed by atoms with Crippen LogP contribution in [0.25, 0.3) is 0 Å². The fourth-order valence-corrected chi connectivity index (χ4v) is 3.85. The summed E-state index contributed by atoms with van der Waals surface area (Å²) in [6.07, 6.45) is 6.27. The molecule has 0 radical (unpaired) electrons. The average molecular weight is 409 g/mol. The normalized spacial score (nSPS) is 11.7. The van der Waals surface area contributed by atoms with E-state index in [1.807, 2.05) is 6.92 Å². The summed E-state index contributed by atoms with van der Waals surface area (Å²) < 4.78 is 3.22. The van der Waals surface area contributed by atoms with E-state index in [1.54, 1.807) is 10.6 Å². The Kier molecular flexibility index (Phi) is 12.9. The van der Waals surface area contributed by atoms with E-state index in [9.17, 15) is 9.59 Å². The third kappa shape index (κ3) is 8.87. The predicted molar refractivity (Wildman–Crippen MR) is 123 cm³/mol. The fourth-order valence-electron chi connectivity index (χ4n) is 3.85. The molecule has 0 amide bonds. The van der Waals surface area contributed by atoms with Gasteiger partial charge in [-0.05, 0) is 71.9 Å². The predicted octanol–water partition coefficient (Wildman–Crippen LogP) is 3.34. The summed E-state index contributed by atoms with van der Waals surface area (Å²) in [5.74, 6) is 0. The van der Waals surface area contributed by atoms with E-state index in [4.69, 9.17) is 0 Å². The molecule has 0 spiro atoms. The zero-order valence-corrected chi connectivity index (χ0v) is 19.6. The van der Waals surface area contributed by atoms with Gasteiger partial charge in [0.15, 0.2) is 0 Å². The summed E-state index contributed by atoms with van der Waals surface area (Å²) in [7, 11) is 0. The van der Waals surface area contributed by atoms with Gasteiger partial charge in [0, 0.05) is 24.8 Å². The van der Waals surface area contributed by atoms with E-state index in [0.29, 0.717) is 13.1 Å². The highest BCUT2D eigenvalue weighted by Gasteiger charge is 2.09. The summed E-state index contributed by atoms with van der Waals surface area (Å²) in [6, 6.07) is 1.62. The van der Waals surface area contributed by atoms with Crippen LogP contribution >= 0.6 is 0 Å². The van der Waals surface area contributed by atoms with Crippen LogP contribution in [0.4, 0.5) is 0 Å². The molecule has 0 aromatic carbocycles. The van der Waals surface area contributed by atoms with E-state index < -0.39 is 0 Å². The first-order valence-corrected chi connectivity index (χ1v) is 11.7. The van der Waals surface area contributed by atoms with Crippen LogP contribution in [0.15, 0.2) is 15.7 Å². The van der Waals surface area contributed by atoms with Crippen molar-refractivity contribution in [2.24, 2.45) is 0 Å². The molecule has 168 valence electrons. The fraction of sp³-hybridized carbons (Fsp3) is 0.826. The summed E-state index contributed by atoms with van der Waals surface area (Å²) in [4.78, 5) is 30.0. The van der Waals surface area contributed by atoms with Crippen molar-refractivity contribution in [1.29, 1.82) is 0 Å². The van der Waals surface area contributed by atoms with Gasteiger partial charge < -0.3 is 9.80 Å². The molecule has 1 aromatic rings. The van der Waals surface area contributed by atoms with Crippen molar-refractivity contribution in [3.05, 3.63) is 32.6 Å². The first-order valence-electron chi connectivity index (χ1n) is 11.7. The maximum absolute atomic E-state index is 12.8. The van der Waals surface area contributed by atoms with Gasteiger partial charge in [-0.15, -0.1) is 0 Å². The summed E-state index contributed by atoms with van der Waals surface area (Å²) in [6.45, 7) is 18.4. The Hall–Kier alpha value is -1.40. The van der Waals surface area contributed by atoms with Gasteiger partial charge in [-0.25, -0.2) is 4.79 Å². The Bertz CT molecular complexity index is 672. The minimum absolute atomic E-state index is 0.137. The molecule has 0 fully saturated rings. The molecule has 1 heterocycles. The van der Waals surface area contributed by atoms with Crippen molar-refractivity contribution >= 4 is 0 Å². The van der Waals surface area contributed by atoms with Crippen molar-refractivity contribution in [2.45, 2.75) is 86.2 Å². The maximum atomic E-state index is 12.8. The average Bonchev–Trinajstić information content (AvgIpc) is 2.71. The van der Waals surface area contributed by atoms with Crippen molar-refractivity contribution in [2.75, 3.05) is 39.3 Å². The molecule has 6 nitrogen and oxygen atoms in total.